The monoisotopic (exact) mass is 504 g/mol. The Balaban J connectivity index is 1.52. The number of hydrogen-bond acceptors (Lipinski definition) is 8. The lowest BCUT2D eigenvalue weighted by Crippen LogP contribution is -2.44. The minimum absolute atomic E-state index is 0.0843. The predicted octanol–water partition coefficient (Wildman–Crippen LogP) is 1.53. The zero-order valence-electron chi connectivity index (χ0n) is 20.5. The fourth-order valence-electron chi connectivity index (χ4n) is 4.88. The molecule has 0 bridgehead atoms. The first-order valence-corrected chi connectivity index (χ1v) is 12.2. The summed E-state index contributed by atoms with van der Waals surface area (Å²) >= 11 is 0. The number of carbonyl (C=O) groups is 2. The summed E-state index contributed by atoms with van der Waals surface area (Å²) < 4.78 is 12.2. The molecule has 0 fully saturated rings. The van der Waals surface area contributed by atoms with Crippen LogP contribution in [0.15, 0.2) is 41.2 Å². The molecule has 0 saturated heterocycles. The largest absolute Gasteiger partial charge is 0.458 e. The van der Waals surface area contributed by atoms with Crippen LogP contribution in [0.5, 0.6) is 0 Å². The van der Waals surface area contributed by atoms with E-state index in [1.54, 1.807) is 17.6 Å². The molecule has 2 aromatic heterocycles. The van der Waals surface area contributed by atoms with Crippen LogP contribution in [0.1, 0.15) is 42.0 Å². The molecule has 2 aliphatic heterocycles. The van der Waals surface area contributed by atoms with Crippen molar-refractivity contribution in [3.05, 3.63) is 69.0 Å². The Labute approximate surface area is 212 Å². The highest BCUT2D eigenvalue weighted by atomic mass is 16.6. The molecule has 0 aliphatic carbocycles. The van der Waals surface area contributed by atoms with Crippen LogP contribution in [-0.2, 0) is 37.8 Å². The first kappa shape index (κ1) is 24.8. The zero-order valence-corrected chi connectivity index (χ0v) is 20.5. The number of aliphatic hydroxyl groups is 1. The Morgan fingerprint density at radius 1 is 1.32 bits per heavy atom. The average molecular weight is 505 g/mol. The van der Waals surface area contributed by atoms with E-state index >= 15 is 0 Å². The minimum atomic E-state index is -1.87. The maximum Gasteiger partial charge on any atom is 0.343 e. The van der Waals surface area contributed by atoms with Crippen molar-refractivity contribution in [2.45, 2.75) is 38.5 Å². The molecule has 192 valence electrons. The van der Waals surface area contributed by atoms with E-state index in [4.69, 9.17) is 20.2 Å². The summed E-state index contributed by atoms with van der Waals surface area (Å²) in [5.74, 6) is -1.02. The third-order valence-corrected chi connectivity index (χ3v) is 6.91. The van der Waals surface area contributed by atoms with Crippen molar-refractivity contribution < 1.29 is 24.2 Å². The molecule has 0 spiro atoms. The molecule has 3 aromatic rings. The smallest absolute Gasteiger partial charge is 0.343 e. The van der Waals surface area contributed by atoms with Crippen LogP contribution in [0.3, 0.4) is 0 Å². The van der Waals surface area contributed by atoms with Crippen LogP contribution < -0.4 is 16.6 Å². The van der Waals surface area contributed by atoms with Gasteiger partial charge in [0, 0.05) is 16.5 Å². The second-order valence-electron chi connectivity index (χ2n) is 9.02. The normalized spacial score (nSPS) is 18.0. The van der Waals surface area contributed by atoms with Crippen LogP contribution >= 0.6 is 0 Å². The lowest BCUT2D eigenvalue weighted by molar-refractivity contribution is -0.172. The molecule has 1 atom stereocenters. The number of nitrogens with one attached hydrogen (secondary N) is 1. The van der Waals surface area contributed by atoms with Crippen molar-refractivity contribution in [2.24, 2.45) is 5.73 Å². The van der Waals surface area contributed by atoms with E-state index in [-0.39, 0.29) is 37.8 Å². The number of rotatable bonds is 8. The molecule has 0 saturated carbocycles. The van der Waals surface area contributed by atoms with Gasteiger partial charge in [0.25, 0.3) is 5.56 Å². The molecule has 0 radical (unpaired) electrons. The summed E-state index contributed by atoms with van der Waals surface area (Å²) in [4.78, 5) is 42.0. The van der Waals surface area contributed by atoms with Crippen molar-refractivity contribution in [1.82, 2.24) is 14.9 Å². The number of fused-ring (bicyclic) bond motifs is 5. The van der Waals surface area contributed by atoms with Crippen LogP contribution in [0.2, 0.25) is 0 Å². The molecular weight excluding hydrogens is 476 g/mol. The molecule has 37 heavy (non-hydrogen) atoms. The fraction of sp³-hybridized carbons (Fsp3) is 0.333. The fourth-order valence-corrected chi connectivity index (χ4v) is 4.88. The first-order valence-electron chi connectivity index (χ1n) is 12.2. The maximum absolute atomic E-state index is 13.5. The number of amides is 1. The maximum atomic E-state index is 13.5. The van der Waals surface area contributed by atoms with E-state index < -0.39 is 11.6 Å². The Morgan fingerprint density at radius 2 is 2.14 bits per heavy atom. The molecule has 10 nitrogen and oxygen atoms in total. The lowest BCUT2D eigenvalue weighted by atomic mass is 9.86. The highest BCUT2D eigenvalue weighted by Crippen LogP contribution is 2.40. The Hall–Kier alpha value is -3.86. The van der Waals surface area contributed by atoms with E-state index in [2.05, 4.69) is 5.32 Å². The molecule has 4 heterocycles. The van der Waals surface area contributed by atoms with Gasteiger partial charge in [0.2, 0.25) is 5.91 Å². The van der Waals surface area contributed by atoms with Gasteiger partial charge in [-0.25, -0.2) is 9.78 Å². The number of para-hydroxylation sites is 1. The first-order chi connectivity index (χ1) is 17.9. The van der Waals surface area contributed by atoms with E-state index in [9.17, 15) is 19.5 Å². The number of esters is 1. The predicted molar refractivity (Wildman–Crippen MR) is 136 cm³/mol. The summed E-state index contributed by atoms with van der Waals surface area (Å²) in [5.41, 5.74) is 7.49. The SMILES string of the molecule is CC[C@@]1(O)C(=O)OCc2c1cc1n(c2=O)Cc2c-1nc1ccccc1c2/C=C/CCOCNC(=O)CN. The molecule has 10 heteroatoms. The summed E-state index contributed by atoms with van der Waals surface area (Å²) in [7, 11) is 0. The van der Waals surface area contributed by atoms with Crippen LogP contribution in [0.4, 0.5) is 0 Å². The van der Waals surface area contributed by atoms with Gasteiger partial charge in [-0.3, -0.25) is 9.59 Å². The number of benzene rings is 1. The Morgan fingerprint density at radius 3 is 2.92 bits per heavy atom. The molecule has 5 rings (SSSR count). The number of nitrogens with zero attached hydrogens (tertiary/aromatic N) is 2. The van der Waals surface area contributed by atoms with Gasteiger partial charge in [-0.15, -0.1) is 0 Å². The molecule has 4 N–H and O–H groups in total. The van der Waals surface area contributed by atoms with Gasteiger partial charge in [0.15, 0.2) is 5.60 Å². The standard InChI is InChI=1S/C27H28N4O6/c1-2-27(35)20-11-22-24-18(13-31(22)25(33)19(20)14-37-26(27)34)16(17-8-3-4-9-21(17)30-24)7-5-6-10-36-15-29-23(32)12-28/h3-5,7-9,11,35H,2,6,10,12-15,28H2,1H3,(H,29,32)/b7-5+/t27-/m0/s1. The summed E-state index contributed by atoms with van der Waals surface area (Å²) in [6.45, 7) is 2.24. The molecular formula is C27H28N4O6. The highest BCUT2D eigenvalue weighted by molar-refractivity contribution is 5.93. The van der Waals surface area contributed by atoms with Crippen molar-refractivity contribution in [2.75, 3.05) is 19.9 Å². The third kappa shape index (κ3) is 4.22. The van der Waals surface area contributed by atoms with Crippen LogP contribution in [0, 0.1) is 0 Å². The zero-order chi connectivity index (χ0) is 26.2. The highest BCUT2D eigenvalue weighted by Gasteiger charge is 2.45. The van der Waals surface area contributed by atoms with Gasteiger partial charge in [-0.05, 0) is 30.5 Å². The quantitative estimate of drug-likeness (QED) is 0.186. The van der Waals surface area contributed by atoms with Crippen molar-refractivity contribution >= 4 is 28.9 Å². The number of pyridine rings is 2. The molecule has 1 aromatic carbocycles. The Bertz CT molecular complexity index is 1490. The van der Waals surface area contributed by atoms with Gasteiger partial charge >= 0.3 is 5.97 Å². The number of ether oxygens (including phenoxy) is 2. The third-order valence-electron chi connectivity index (χ3n) is 6.91. The van der Waals surface area contributed by atoms with Crippen molar-refractivity contribution in [1.29, 1.82) is 0 Å². The van der Waals surface area contributed by atoms with Gasteiger partial charge < -0.3 is 30.2 Å². The summed E-state index contributed by atoms with van der Waals surface area (Å²) in [6, 6.07) is 9.45. The number of nitrogens with two attached hydrogens (primary N) is 1. The van der Waals surface area contributed by atoms with Crippen molar-refractivity contribution in [3.8, 4) is 11.4 Å². The van der Waals surface area contributed by atoms with Crippen LogP contribution in [-0.4, -0.2) is 46.4 Å². The van der Waals surface area contributed by atoms with Gasteiger partial charge in [-0.1, -0.05) is 37.3 Å². The number of carbonyl (C=O) groups excluding carboxylic acids is 2. The topological polar surface area (TPSA) is 146 Å². The number of hydrogen-bond donors (Lipinski definition) is 3. The minimum Gasteiger partial charge on any atom is -0.458 e. The van der Waals surface area contributed by atoms with Gasteiger partial charge in [0.1, 0.15) is 13.3 Å². The molecule has 1 amide bonds. The van der Waals surface area contributed by atoms with Crippen molar-refractivity contribution in [3.63, 3.8) is 0 Å². The van der Waals surface area contributed by atoms with Gasteiger partial charge in [0.05, 0.1) is 42.2 Å². The number of aromatic nitrogens is 2. The van der Waals surface area contributed by atoms with E-state index in [1.807, 2.05) is 36.4 Å². The van der Waals surface area contributed by atoms with Gasteiger partial charge in [-0.2, -0.15) is 0 Å². The number of cyclic esters (lactones) is 1. The van der Waals surface area contributed by atoms with E-state index in [0.29, 0.717) is 42.1 Å². The van der Waals surface area contributed by atoms with E-state index in [0.717, 1.165) is 22.0 Å². The molecule has 0 unspecified atom stereocenters. The molecule has 2 aliphatic rings. The van der Waals surface area contributed by atoms with E-state index in [1.165, 1.54) is 0 Å². The average Bonchev–Trinajstić information content (AvgIpc) is 3.28. The Kier molecular flexibility index (Phi) is 6.63. The second-order valence-corrected chi connectivity index (χ2v) is 9.02. The van der Waals surface area contributed by atoms with Crippen LogP contribution in [0.25, 0.3) is 28.4 Å². The summed E-state index contributed by atoms with van der Waals surface area (Å²) in [5, 5.41) is 14.6. The second kappa shape index (κ2) is 9.89. The summed E-state index contributed by atoms with van der Waals surface area (Å²) in [6.07, 6.45) is 4.67. The lowest BCUT2D eigenvalue weighted by Gasteiger charge is -2.31.